The lowest BCUT2D eigenvalue weighted by molar-refractivity contribution is -0.142. The van der Waals surface area contributed by atoms with E-state index in [1.54, 1.807) is 0 Å². The molecule has 0 aromatic carbocycles. The van der Waals surface area contributed by atoms with Crippen molar-refractivity contribution < 1.29 is 24.3 Å². The molecule has 1 rings (SSSR count). The molecule has 26 heavy (non-hydrogen) atoms. The SMILES string of the molecule is CC(=O)NCC(=O)N[C@@H](Cc1cnc[nH]1)C(=O)N[C@@H](CC(C)C)C(=O)O. The molecule has 0 aliphatic heterocycles. The molecule has 1 heterocycles. The Balaban J connectivity index is 2.81. The molecule has 10 nitrogen and oxygen atoms in total. The third kappa shape index (κ3) is 7.77. The molecule has 0 aliphatic carbocycles. The number of aromatic nitrogens is 2. The van der Waals surface area contributed by atoms with Crippen LogP contribution in [0, 0.1) is 5.92 Å². The molecule has 0 spiro atoms. The maximum atomic E-state index is 12.5. The van der Waals surface area contributed by atoms with E-state index in [9.17, 15) is 24.3 Å². The van der Waals surface area contributed by atoms with Gasteiger partial charge in [-0.2, -0.15) is 0 Å². The summed E-state index contributed by atoms with van der Waals surface area (Å²) in [5.41, 5.74) is 0.598. The lowest BCUT2D eigenvalue weighted by atomic mass is 10.0. The van der Waals surface area contributed by atoms with Crippen LogP contribution in [-0.2, 0) is 25.6 Å². The molecule has 0 radical (unpaired) electrons. The summed E-state index contributed by atoms with van der Waals surface area (Å²) in [6.45, 7) is 4.68. The fourth-order valence-corrected chi connectivity index (χ4v) is 2.24. The van der Waals surface area contributed by atoms with Gasteiger partial charge in [0.05, 0.1) is 12.9 Å². The van der Waals surface area contributed by atoms with Crippen molar-refractivity contribution in [3.8, 4) is 0 Å². The zero-order chi connectivity index (χ0) is 19.7. The Hall–Kier alpha value is -2.91. The van der Waals surface area contributed by atoms with E-state index in [0.717, 1.165) is 0 Å². The lowest BCUT2D eigenvalue weighted by Gasteiger charge is -2.22. The van der Waals surface area contributed by atoms with Crippen molar-refractivity contribution in [1.29, 1.82) is 0 Å². The number of carboxylic acid groups (broad SMARTS) is 1. The van der Waals surface area contributed by atoms with Crippen molar-refractivity contribution in [3.63, 3.8) is 0 Å². The molecule has 10 heteroatoms. The summed E-state index contributed by atoms with van der Waals surface area (Å²) < 4.78 is 0. The van der Waals surface area contributed by atoms with Crippen molar-refractivity contribution in [3.05, 3.63) is 18.2 Å². The number of imidazole rings is 1. The van der Waals surface area contributed by atoms with Gasteiger partial charge in [-0.15, -0.1) is 0 Å². The minimum atomic E-state index is -1.14. The fraction of sp³-hybridized carbons (Fsp3) is 0.562. The summed E-state index contributed by atoms with van der Waals surface area (Å²) in [7, 11) is 0. The summed E-state index contributed by atoms with van der Waals surface area (Å²) in [5.74, 6) is -2.63. The lowest BCUT2D eigenvalue weighted by Crippen LogP contribution is -2.54. The highest BCUT2D eigenvalue weighted by molar-refractivity contribution is 5.91. The smallest absolute Gasteiger partial charge is 0.326 e. The first kappa shape index (κ1) is 21.1. The largest absolute Gasteiger partial charge is 0.480 e. The predicted octanol–water partition coefficient (Wildman–Crippen LogP) is -0.811. The number of H-pyrrole nitrogens is 1. The summed E-state index contributed by atoms with van der Waals surface area (Å²) in [4.78, 5) is 53.4. The maximum Gasteiger partial charge on any atom is 0.326 e. The van der Waals surface area contributed by atoms with Gasteiger partial charge < -0.3 is 26.0 Å². The van der Waals surface area contributed by atoms with Crippen LogP contribution >= 0.6 is 0 Å². The second-order valence-corrected chi connectivity index (χ2v) is 6.34. The van der Waals surface area contributed by atoms with Crippen LogP contribution in [0.15, 0.2) is 12.5 Å². The van der Waals surface area contributed by atoms with Crippen molar-refractivity contribution in [2.75, 3.05) is 6.54 Å². The van der Waals surface area contributed by atoms with E-state index in [0.29, 0.717) is 5.69 Å². The number of aliphatic carboxylic acids is 1. The Morgan fingerprint density at radius 2 is 1.88 bits per heavy atom. The van der Waals surface area contributed by atoms with Crippen LogP contribution in [0.5, 0.6) is 0 Å². The van der Waals surface area contributed by atoms with Crippen molar-refractivity contribution in [1.82, 2.24) is 25.9 Å². The molecule has 144 valence electrons. The average molecular weight is 367 g/mol. The van der Waals surface area contributed by atoms with E-state index in [2.05, 4.69) is 25.9 Å². The van der Waals surface area contributed by atoms with E-state index in [4.69, 9.17) is 0 Å². The number of hydrogen-bond donors (Lipinski definition) is 5. The Morgan fingerprint density at radius 1 is 1.19 bits per heavy atom. The number of carbonyl (C=O) groups excluding carboxylic acids is 3. The normalized spacial score (nSPS) is 12.9. The van der Waals surface area contributed by atoms with Crippen molar-refractivity contribution >= 4 is 23.7 Å². The second kappa shape index (κ2) is 10.2. The van der Waals surface area contributed by atoms with Crippen LogP contribution in [0.4, 0.5) is 0 Å². The second-order valence-electron chi connectivity index (χ2n) is 6.34. The third-order valence-corrected chi connectivity index (χ3v) is 3.45. The summed E-state index contributed by atoms with van der Waals surface area (Å²) in [6, 6.07) is -2.07. The highest BCUT2D eigenvalue weighted by Gasteiger charge is 2.27. The fourth-order valence-electron chi connectivity index (χ4n) is 2.24. The number of nitrogens with one attached hydrogen (secondary N) is 4. The van der Waals surface area contributed by atoms with Gasteiger partial charge in [-0.3, -0.25) is 14.4 Å². The standard InChI is InChI=1S/C16H25N5O5/c1-9(2)4-13(16(25)26)21-15(24)12(5-11-6-17-8-19-11)20-14(23)7-18-10(3)22/h6,8-9,12-13H,4-5,7H2,1-3H3,(H,17,19)(H,18,22)(H,20,23)(H,21,24)(H,25,26)/t12-,13-/m0/s1. The average Bonchev–Trinajstić information content (AvgIpc) is 3.04. The van der Waals surface area contributed by atoms with E-state index >= 15 is 0 Å². The molecule has 0 saturated heterocycles. The molecule has 3 amide bonds. The molecule has 0 unspecified atom stereocenters. The first-order chi connectivity index (χ1) is 12.2. The Morgan fingerprint density at radius 3 is 2.38 bits per heavy atom. The maximum absolute atomic E-state index is 12.5. The van der Waals surface area contributed by atoms with E-state index < -0.39 is 29.9 Å². The zero-order valence-electron chi connectivity index (χ0n) is 15.0. The number of rotatable bonds is 10. The van der Waals surface area contributed by atoms with Gasteiger partial charge in [-0.05, 0) is 12.3 Å². The van der Waals surface area contributed by atoms with Crippen LogP contribution in [-0.4, -0.2) is 57.4 Å². The van der Waals surface area contributed by atoms with Crippen LogP contribution in [0.2, 0.25) is 0 Å². The van der Waals surface area contributed by atoms with Crippen LogP contribution in [0.25, 0.3) is 0 Å². The molecule has 5 N–H and O–H groups in total. The van der Waals surface area contributed by atoms with Gasteiger partial charge in [0.2, 0.25) is 17.7 Å². The van der Waals surface area contributed by atoms with Gasteiger partial charge in [0, 0.05) is 25.2 Å². The summed E-state index contributed by atoms with van der Waals surface area (Å²) in [6.07, 6.45) is 3.30. The first-order valence-electron chi connectivity index (χ1n) is 8.23. The molecule has 0 aliphatic rings. The summed E-state index contributed by atoms with van der Waals surface area (Å²) in [5, 5.41) is 16.6. The van der Waals surface area contributed by atoms with Crippen molar-refractivity contribution in [2.45, 2.75) is 45.7 Å². The number of nitrogens with zero attached hydrogens (tertiary/aromatic N) is 1. The van der Waals surface area contributed by atoms with Gasteiger partial charge in [-0.1, -0.05) is 13.8 Å². The molecular formula is C16H25N5O5. The first-order valence-corrected chi connectivity index (χ1v) is 8.23. The van der Waals surface area contributed by atoms with E-state index in [-0.39, 0.29) is 31.2 Å². The Labute approximate surface area is 151 Å². The molecule has 1 aromatic heterocycles. The molecule has 1 aromatic rings. The highest BCUT2D eigenvalue weighted by atomic mass is 16.4. The van der Waals surface area contributed by atoms with Crippen molar-refractivity contribution in [2.24, 2.45) is 5.92 Å². The number of carbonyl (C=O) groups is 4. The number of hydrogen-bond acceptors (Lipinski definition) is 5. The number of amides is 3. The van der Waals surface area contributed by atoms with Gasteiger partial charge in [0.25, 0.3) is 0 Å². The summed E-state index contributed by atoms with van der Waals surface area (Å²) >= 11 is 0. The minimum Gasteiger partial charge on any atom is -0.480 e. The Bertz CT molecular complexity index is 629. The topological polar surface area (TPSA) is 153 Å². The molecular weight excluding hydrogens is 342 g/mol. The molecule has 0 saturated carbocycles. The highest BCUT2D eigenvalue weighted by Crippen LogP contribution is 2.06. The zero-order valence-corrected chi connectivity index (χ0v) is 15.0. The predicted molar refractivity (Wildman–Crippen MR) is 91.9 cm³/mol. The number of carboxylic acids is 1. The number of aromatic amines is 1. The van der Waals surface area contributed by atoms with Gasteiger partial charge >= 0.3 is 5.97 Å². The van der Waals surface area contributed by atoms with Crippen LogP contribution in [0.1, 0.15) is 32.9 Å². The molecule has 0 fully saturated rings. The van der Waals surface area contributed by atoms with Crippen LogP contribution in [0.3, 0.4) is 0 Å². The minimum absolute atomic E-state index is 0.0665. The third-order valence-electron chi connectivity index (χ3n) is 3.45. The van der Waals surface area contributed by atoms with E-state index in [1.165, 1.54) is 19.4 Å². The van der Waals surface area contributed by atoms with Gasteiger partial charge in [0.15, 0.2) is 0 Å². The van der Waals surface area contributed by atoms with Gasteiger partial charge in [-0.25, -0.2) is 9.78 Å². The Kier molecular flexibility index (Phi) is 8.26. The monoisotopic (exact) mass is 367 g/mol. The quantitative estimate of drug-likeness (QED) is 0.364. The van der Waals surface area contributed by atoms with E-state index in [1.807, 2.05) is 13.8 Å². The van der Waals surface area contributed by atoms with Crippen LogP contribution < -0.4 is 16.0 Å². The van der Waals surface area contributed by atoms with Gasteiger partial charge in [0.1, 0.15) is 12.1 Å². The molecule has 2 atom stereocenters. The molecule has 0 bridgehead atoms.